The van der Waals surface area contributed by atoms with Gasteiger partial charge in [-0.25, -0.2) is 9.59 Å². The number of fused-ring (bicyclic) bond motifs is 1. The first-order chi connectivity index (χ1) is 12.4. The van der Waals surface area contributed by atoms with Gasteiger partial charge in [0, 0.05) is 23.6 Å². The molecule has 0 atom stereocenters. The van der Waals surface area contributed by atoms with Crippen molar-refractivity contribution >= 4 is 23.0 Å². The lowest BCUT2D eigenvalue weighted by atomic mass is 10.0. The quantitative estimate of drug-likeness (QED) is 0.293. The topological polar surface area (TPSA) is 56.5 Å². The molecule has 132 valence electrons. The summed E-state index contributed by atoms with van der Waals surface area (Å²) in [5.74, 6) is 0.304. The van der Waals surface area contributed by atoms with Crippen molar-refractivity contribution in [3.8, 4) is 5.75 Å². The Morgan fingerprint density at radius 1 is 1.08 bits per heavy atom. The molecule has 0 fully saturated rings. The summed E-state index contributed by atoms with van der Waals surface area (Å²) < 4.78 is 10.5. The molecule has 0 amide bonds. The number of hydrogen-bond acceptors (Lipinski definition) is 4. The number of carbonyl (C=O) groups is 1. The van der Waals surface area contributed by atoms with E-state index < -0.39 is 11.6 Å². The van der Waals surface area contributed by atoms with Crippen LogP contribution in [0, 0.1) is 6.92 Å². The number of carbonyl (C=O) groups excluding carboxylic acids is 1. The summed E-state index contributed by atoms with van der Waals surface area (Å²) in [5, 5.41) is 0.810. The summed E-state index contributed by atoms with van der Waals surface area (Å²) in [6.45, 7) is 6.10. The molecule has 4 nitrogen and oxygen atoms in total. The average molecular weight is 348 g/mol. The van der Waals surface area contributed by atoms with Crippen molar-refractivity contribution in [1.82, 2.24) is 0 Å². The predicted molar refractivity (Wildman–Crippen MR) is 102 cm³/mol. The fourth-order valence-electron chi connectivity index (χ4n) is 2.68. The van der Waals surface area contributed by atoms with Crippen molar-refractivity contribution in [1.29, 1.82) is 0 Å². The zero-order valence-corrected chi connectivity index (χ0v) is 15.0. The fraction of sp³-hybridized carbons (Fsp3) is 0.182. The van der Waals surface area contributed by atoms with Gasteiger partial charge in [0.05, 0.1) is 0 Å². The van der Waals surface area contributed by atoms with Gasteiger partial charge in [-0.1, -0.05) is 38.1 Å². The Balaban J connectivity index is 1.73. The number of esters is 1. The summed E-state index contributed by atoms with van der Waals surface area (Å²) in [7, 11) is 0. The van der Waals surface area contributed by atoms with E-state index in [9.17, 15) is 9.59 Å². The largest absolute Gasteiger partial charge is 0.423 e. The molecule has 0 bridgehead atoms. The van der Waals surface area contributed by atoms with E-state index >= 15 is 0 Å². The van der Waals surface area contributed by atoms with Crippen molar-refractivity contribution in [2.75, 3.05) is 0 Å². The van der Waals surface area contributed by atoms with Crippen LogP contribution in [0.5, 0.6) is 5.75 Å². The lowest BCUT2D eigenvalue weighted by Crippen LogP contribution is -2.04. The van der Waals surface area contributed by atoms with Gasteiger partial charge >= 0.3 is 11.6 Å². The van der Waals surface area contributed by atoms with Crippen molar-refractivity contribution in [2.24, 2.45) is 0 Å². The molecule has 2 aromatic carbocycles. The Labute approximate surface area is 151 Å². The maximum Gasteiger partial charge on any atom is 0.336 e. The second-order valence-corrected chi connectivity index (χ2v) is 6.48. The van der Waals surface area contributed by atoms with Crippen LogP contribution in [0.25, 0.3) is 17.0 Å². The minimum atomic E-state index is -0.493. The van der Waals surface area contributed by atoms with Gasteiger partial charge in [-0.15, -0.1) is 0 Å². The fourth-order valence-corrected chi connectivity index (χ4v) is 2.68. The molecule has 1 heterocycles. The van der Waals surface area contributed by atoms with Crippen LogP contribution in [-0.4, -0.2) is 5.97 Å². The summed E-state index contributed by atoms with van der Waals surface area (Å²) >= 11 is 0. The van der Waals surface area contributed by atoms with Crippen LogP contribution in [0.2, 0.25) is 0 Å². The predicted octanol–water partition coefficient (Wildman–Crippen LogP) is 4.84. The Bertz CT molecular complexity index is 1020. The van der Waals surface area contributed by atoms with Gasteiger partial charge in [0.1, 0.15) is 11.3 Å². The van der Waals surface area contributed by atoms with Gasteiger partial charge in [0.2, 0.25) is 0 Å². The third kappa shape index (κ3) is 4.09. The number of ether oxygens (including phenoxy) is 1. The monoisotopic (exact) mass is 348 g/mol. The van der Waals surface area contributed by atoms with Crippen LogP contribution in [0.3, 0.4) is 0 Å². The minimum absolute atomic E-state index is 0.330. The maximum atomic E-state index is 12.0. The molecule has 0 aliphatic heterocycles. The summed E-state index contributed by atoms with van der Waals surface area (Å²) in [6.07, 6.45) is 3.08. The zero-order valence-electron chi connectivity index (χ0n) is 15.0. The molecular formula is C22H20O4. The van der Waals surface area contributed by atoms with Crippen LogP contribution in [0.4, 0.5) is 0 Å². The SMILES string of the molecule is Cc1cc(=O)oc2cc(OC(=O)/C=C/c3ccc(C(C)C)cc3)ccc12. The third-order valence-corrected chi connectivity index (χ3v) is 4.16. The lowest BCUT2D eigenvalue weighted by Gasteiger charge is -2.05. The molecule has 0 N–H and O–H groups in total. The Hall–Kier alpha value is -3.14. The standard InChI is InChI=1S/C22H20O4/c1-14(2)17-7-4-16(5-8-17)6-11-21(23)25-18-9-10-19-15(3)12-22(24)26-20(19)13-18/h4-14H,1-3H3/b11-6+. The van der Waals surface area contributed by atoms with Crippen molar-refractivity contribution in [2.45, 2.75) is 26.7 Å². The highest BCUT2D eigenvalue weighted by Gasteiger charge is 2.06. The van der Waals surface area contributed by atoms with Crippen LogP contribution in [0.1, 0.15) is 36.5 Å². The molecule has 4 heteroatoms. The summed E-state index contributed by atoms with van der Waals surface area (Å²) in [4.78, 5) is 23.5. The molecule has 1 aromatic heterocycles. The molecule has 0 unspecified atom stereocenters. The second kappa shape index (κ2) is 7.40. The summed E-state index contributed by atoms with van der Waals surface area (Å²) in [5.41, 5.74) is 2.96. The first-order valence-electron chi connectivity index (χ1n) is 8.47. The summed E-state index contributed by atoms with van der Waals surface area (Å²) in [6, 6.07) is 14.4. The van der Waals surface area contributed by atoms with Crippen LogP contribution in [-0.2, 0) is 4.79 Å². The van der Waals surface area contributed by atoms with Crippen LogP contribution in [0.15, 0.2) is 63.8 Å². The minimum Gasteiger partial charge on any atom is -0.423 e. The van der Waals surface area contributed by atoms with Crippen LogP contribution >= 0.6 is 0 Å². The van der Waals surface area contributed by atoms with E-state index in [4.69, 9.17) is 9.15 Å². The van der Waals surface area contributed by atoms with E-state index in [1.165, 1.54) is 17.7 Å². The highest BCUT2D eigenvalue weighted by Crippen LogP contribution is 2.22. The molecule has 0 spiro atoms. The van der Waals surface area contributed by atoms with Gasteiger partial charge in [-0.2, -0.15) is 0 Å². The zero-order chi connectivity index (χ0) is 18.7. The van der Waals surface area contributed by atoms with E-state index in [-0.39, 0.29) is 0 Å². The second-order valence-electron chi connectivity index (χ2n) is 6.48. The van der Waals surface area contributed by atoms with E-state index in [1.807, 2.05) is 31.2 Å². The van der Waals surface area contributed by atoms with Gasteiger partial charge in [-0.3, -0.25) is 0 Å². The molecule has 26 heavy (non-hydrogen) atoms. The Morgan fingerprint density at radius 3 is 2.50 bits per heavy atom. The Morgan fingerprint density at radius 2 is 1.81 bits per heavy atom. The molecule has 0 radical (unpaired) electrons. The van der Waals surface area contributed by atoms with E-state index in [0.717, 1.165) is 16.5 Å². The number of hydrogen-bond donors (Lipinski definition) is 0. The molecule has 3 aromatic rings. The smallest absolute Gasteiger partial charge is 0.336 e. The average Bonchev–Trinajstić information content (AvgIpc) is 2.60. The first kappa shape index (κ1) is 17.7. The van der Waals surface area contributed by atoms with Gasteiger partial charge in [0.25, 0.3) is 0 Å². The first-order valence-corrected chi connectivity index (χ1v) is 8.47. The highest BCUT2D eigenvalue weighted by atomic mass is 16.5. The molecule has 0 saturated carbocycles. The number of benzene rings is 2. The highest BCUT2D eigenvalue weighted by molar-refractivity contribution is 5.89. The molecule has 0 aliphatic rings. The van der Waals surface area contributed by atoms with E-state index in [1.54, 1.807) is 24.3 Å². The molecule has 3 rings (SSSR count). The maximum absolute atomic E-state index is 12.0. The number of rotatable bonds is 4. The van der Waals surface area contributed by atoms with Gasteiger partial charge in [-0.05, 0) is 47.7 Å². The van der Waals surface area contributed by atoms with E-state index in [2.05, 4.69) is 13.8 Å². The molecule has 0 aliphatic carbocycles. The van der Waals surface area contributed by atoms with Gasteiger partial charge < -0.3 is 9.15 Å². The van der Waals surface area contributed by atoms with E-state index in [0.29, 0.717) is 17.3 Å². The normalized spacial score (nSPS) is 11.4. The van der Waals surface area contributed by atoms with Gasteiger partial charge in [0.15, 0.2) is 0 Å². The number of aryl methyl sites for hydroxylation is 1. The molecule has 0 saturated heterocycles. The van der Waals surface area contributed by atoms with Crippen molar-refractivity contribution in [3.05, 3.63) is 81.7 Å². The van der Waals surface area contributed by atoms with Crippen LogP contribution < -0.4 is 10.4 Å². The molecular weight excluding hydrogens is 328 g/mol. The van der Waals surface area contributed by atoms with Crippen molar-refractivity contribution in [3.63, 3.8) is 0 Å². The lowest BCUT2D eigenvalue weighted by molar-refractivity contribution is -0.128. The third-order valence-electron chi connectivity index (χ3n) is 4.16. The van der Waals surface area contributed by atoms with Crippen molar-refractivity contribution < 1.29 is 13.9 Å². The Kier molecular flexibility index (Phi) is 5.03.